The van der Waals surface area contributed by atoms with Gasteiger partial charge in [0.15, 0.2) is 9.84 Å². The Labute approximate surface area is 115 Å². The molecule has 0 saturated carbocycles. The van der Waals surface area contributed by atoms with Gasteiger partial charge in [-0.3, -0.25) is 9.59 Å². The van der Waals surface area contributed by atoms with Gasteiger partial charge in [0.2, 0.25) is 5.91 Å². The van der Waals surface area contributed by atoms with Crippen molar-refractivity contribution in [3.63, 3.8) is 0 Å². The van der Waals surface area contributed by atoms with Gasteiger partial charge >= 0.3 is 5.97 Å². The summed E-state index contributed by atoms with van der Waals surface area (Å²) in [6.07, 6.45) is 0.215. The smallest absolute Gasteiger partial charge is 0.307 e. The Kier molecular flexibility index (Phi) is 2.82. The molecule has 7 heteroatoms. The van der Waals surface area contributed by atoms with E-state index < -0.39 is 27.0 Å². The normalized spacial score (nSPS) is 27.0. The molecule has 2 fully saturated rings. The lowest BCUT2D eigenvalue weighted by Gasteiger charge is -2.27. The van der Waals surface area contributed by atoms with Gasteiger partial charge in [-0.25, -0.2) is 8.42 Å². The number of nitrogens with zero attached hydrogens (tertiary/aromatic N) is 1. The number of rotatable bonds is 3. The van der Waals surface area contributed by atoms with Crippen LogP contribution in [0.3, 0.4) is 0 Å². The average molecular weight is 295 g/mol. The Morgan fingerprint density at radius 3 is 2.75 bits per heavy atom. The second-order valence-electron chi connectivity index (χ2n) is 5.16. The summed E-state index contributed by atoms with van der Waals surface area (Å²) in [5.41, 5.74) is 1.17. The highest BCUT2D eigenvalue weighted by atomic mass is 32.2. The number of carbonyl (C=O) groups is 2. The van der Waals surface area contributed by atoms with Crippen molar-refractivity contribution in [2.45, 2.75) is 24.1 Å². The van der Waals surface area contributed by atoms with Crippen molar-refractivity contribution in [3.05, 3.63) is 29.8 Å². The summed E-state index contributed by atoms with van der Waals surface area (Å²) in [4.78, 5) is 24.4. The van der Waals surface area contributed by atoms with Gasteiger partial charge in [-0.1, -0.05) is 12.1 Å². The average Bonchev–Trinajstić information content (AvgIpc) is 2.80. The molecule has 0 aromatic heterocycles. The molecule has 106 valence electrons. The molecule has 1 aromatic rings. The molecule has 6 nitrogen and oxygen atoms in total. The molecule has 0 radical (unpaired) electrons. The maximum atomic E-state index is 12.1. The van der Waals surface area contributed by atoms with E-state index in [1.165, 1.54) is 4.90 Å². The lowest BCUT2D eigenvalue weighted by Crippen LogP contribution is -2.45. The fourth-order valence-electron chi connectivity index (χ4n) is 2.94. The summed E-state index contributed by atoms with van der Waals surface area (Å²) in [5.74, 6) is -1.35. The lowest BCUT2D eigenvalue weighted by molar-refractivity contribution is -0.136. The number of fused-ring (bicyclic) bond motifs is 2. The Bertz CT molecular complexity index is 696. The lowest BCUT2D eigenvalue weighted by atomic mass is 10.1. The molecule has 2 aliphatic rings. The molecular weight excluding hydrogens is 282 g/mol. The van der Waals surface area contributed by atoms with E-state index >= 15 is 0 Å². The zero-order chi connectivity index (χ0) is 14.5. The quantitative estimate of drug-likeness (QED) is 0.861. The highest BCUT2D eigenvalue weighted by Crippen LogP contribution is 2.37. The van der Waals surface area contributed by atoms with Crippen molar-refractivity contribution < 1.29 is 23.1 Å². The fourth-order valence-corrected chi connectivity index (χ4v) is 4.93. The van der Waals surface area contributed by atoms with Crippen molar-refractivity contribution in [2.24, 2.45) is 0 Å². The number of aliphatic carboxylic acids is 1. The van der Waals surface area contributed by atoms with Gasteiger partial charge in [-0.15, -0.1) is 0 Å². The first kappa shape index (κ1) is 13.1. The monoisotopic (exact) mass is 295 g/mol. The minimum Gasteiger partial charge on any atom is -0.481 e. The summed E-state index contributed by atoms with van der Waals surface area (Å²) < 4.78 is 23.4. The van der Waals surface area contributed by atoms with Gasteiger partial charge in [0.25, 0.3) is 0 Å². The number of carboxylic acid groups (broad SMARTS) is 1. The zero-order valence-corrected chi connectivity index (χ0v) is 11.3. The van der Waals surface area contributed by atoms with Gasteiger partial charge in [0, 0.05) is 5.69 Å². The van der Waals surface area contributed by atoms with Crippen molar-refractivity contribution in [2.75, 3.05) is 10.7 Å². The molecule has 2 atom stereocenters. The van der Waals surface area contributed by atoms with Gasteiger partial charge in [0.1, 0.15) is 5.25 Å². The van der Waals surface area contributed by atoms with E-state index in [1.807, 2.05) is 0 Å². The summed E-state index contributed by atoms with van der Waals surface area (Å²) in [5, 5.41) is 7.87. The van der Waals surface area contributed by atoms with Crippen LogP contribution in [0, 0.1) is 0 Å². The first-order chi connectivity index (χ1) is 9.38. The molecule has 2 unspecified atom stereocenters. The Morgan fingerprint density at radius 2 is 2.15 bits per heavy atom. The first-order valence-corrected chi connectivity index (χ1v) is 7.95. The number of sulfone groups is 1. The van der Waals surface area contributed by atoms with Crippen molar-refractivity contribution in [1.29, 1.82) is 0 Å². The van der Waals surface area contributed by atoms with Crippen molar-refractivity contribution in [3.8, 4) is 0 Å². The number of amides is 1. The molecule has 2 aliphatic heterocycles. The van der Waals surface area contributed by atoms with Crippen LogP contribution in [0.2, 0.25) is 0 Å². The number of carboxylic acids is 1. The van der Waals surface area contributed by atoms with Crippen LogP contribution in [-0.4, -0.2) is 42.4 Å². The Hall–Kier alpha value is -1.89. The van der Waals surface area contributed by atoms with Crippen LogP contribution in [0.1, 0.15) is 12.0 Å². The summed E-state index contributed by atoms with van der Waals surface area (Å²) in [6.45, 7) is 0. The van der Waals surface area contributed by atoms with Gasteiger partial charge in [0.05, 0.1) is 18.2 Å². The molecule has 1 aromatic carbocycles. The second-order valence-corrected chi connectivity index (χ2v) is 7.38. The van der Waals surface area contributed by atoms with Gasteiger partial charge in [-0.05, 0) is 24.1 Å². The third-order valence-corrected chi connectivity index (χ3v) is 5.88. The molecule has 1 amide bonds. The molecule has 0 aliphatic carbocycles. The molecule has 2 saturated heterocycles. The minimum absolute atomic E-state index is 0.00738. The zero-order valence-electron chi connectivity index (χ0n) is 10.5. The number of benzene rings is 1. The molecular formula is C13H13NO5S. The standard InChI is InChI=1S/C13H13NO5S/c15-12(16)5-8-2-1-3-9(4-8)14-10-6-11(13(14)17)20(18,19)7-10/h1-4,10-11H,5-7H2,(H,15,16). The molecule has 2 heterocycles. The Balaban J connectivity index is 1.92. The number of anilines is 1. The van der Waals surface area contributed by atoms with E-state index in [0.717, 1.165) is 0 Å². The van der Waals surface area contributed by atoms with E-state index in [4.69, 9.17) is 5.11 Å². The summed E-state index contributed by atoms with van der Waals surface area (Å²) >= 11 is 0. The van der Waals surface area contributed by atoms with Crippen LogP contribution < -0.4 is 4.90 Å². The number of hydrogen-bond donors (Lipinski definition) is 1. The van der Waals surface area contributed by atoms with Crippen molar-refractivity contribution in [1.82, 2.24) is 0 Å². The molecule has 0 spiro atoms. The molecule has 20 heavy (non-hydrogen) atoms. The number of carbonyl (C=O) groups excluding carboxylic acids is 1. The minimum atomic E-state index is -3.29. The van der Waals surface area contributed by atoms with Crippen LogP contribution in [0.15, 0.2) is 24.3 Å². The summed E-state index contributed by atoms with van der Waals surface area (Å²) in [7, 11) is -3.29. The van der Waals surface area contributed by atoms with Crippen LogP contribution in [0.4, 0.5) is 5.69 Å². The Morgan fingerprint density at radius 1 is 1.40 bits per heavy atom. The first-order valence-electron chi connectivity index (χ1n) is 6.24. The fraction of sp³-hybridized carbons (Fsp3) is 0.385. The van der Waals surface area contributed by atoms with E-state index in [2.05, 4.69) is 0 Å². The van der Waals surface area contributed by atoms with E-state index in [0.29, 0.717) is 17.7 Å². The largest absolute Gasteiger partial charge is 0.481 e. The predicted molar refractivity (Wildman–Crippen MR) is 71.2 cm³/mol. The summed E-state index contributed by atoms with van der Waals surface area (Å²) in [6, 6.07) is 6.38. The third kappa shape index (κ3) is 1.98. The topological polar surface area (TPSA) is 91.8 Å². The van der Waals surface area contributed by atoms with Crippen LogP contribution in [-0.2, 0) is 25.8 Å². The van der Waals surface area contributed by atoms with Crippen LogP contribution >= 0.6 is 0 Å². The van der Waals surface area contributed by atoms with Crippen LogP contribution in [0.25, 0.3) is 0 Å². The third-order valence-electron chi connectivity index (χ3n) is 3.77. The molecule has 2 bridgehead atoms. The van der Waals surface area contributed by atoms with Gasteiger partial charge < -0.3 is 10.0 Å². The number of hydrogen-bond acceptors (Lipinski definition) is 4. The highest BCUT2D eigenvalue weighted by Gasteiger charge is 2.54. The second kappa shape index (κ2) is 4.31. The van der Waals surface area contributed by atoms with E-state index in [-0.39, 0.29) is 18.2 Å². The van der Waals surface area contributed by atoms with E-state index in [1.54, 1.807) is 24.3 Å². The predicted octanol–water partition coefficient (Wildman–Crippen LogP) is 0.216. The van der Waals surface area contributed by atoms with E-state index in [9.17, 15) is 18.0 Å². The van der Waals surface area contributed by atoms with Crippen LogP contribution in [0.5, 0.6) is 0 Å². The molecule has 3 rings (SSSR count). The maximum absolute atomic E-state index is 12.1. The molecule has 1 N–H and O–H groups in total. The maximum Gasteiger partial charge on any atom is 0.307 e. The van der Waals surface area contributed by atoms with Gasteiger partial charge in [-0.2, -0.15) is 0 Å². The van der Waals surface area contributed by atoms with Crippen molar-refractivity contribution >= 4 is 27.4 Å². The highest BCUT2D eigenvalue weighted by molar-refractivity contribution is 7.93. The SMILES string of the molecule is O=C(O)Cc1cccc(N2C(=O)C3CC2CS3(=O)=O)c1.